The molecule has 1 aromatic carbocycles. The predicted octanol–water partition coefficient (Wildman–Crippen LogP) is 2.72. The highest BCUT2D eigenvalue weighted by atomic mass is 16.6. The van der Waals surface area contributed by atoms with Gasteiger partial charge in [-0.2, -0.15) is 0 Å². The first kappa shape index (κ1) is 22.7. The van der Waals surface area contributed by atoms with Gasteiger partial charge in [0.15, 0.2) is 5.75 Å². The van der Waals surface area contributed by atoms with Crippen molar-refractivity contribution in [1.82, 2.24) is 10.2 Å². The van der Waals surface area contributed by atoms with E-state index in [-0.39, 0.29) is 28.9 Å². The zero-order chi connectivity index (χ0) is 21.7. The minimum Gasteiger partial charge on any atom is -0.493 e. The molecule has 9 heteroatoms. The highest BCUT2D eigenvalue weighted by Crippen LogP contribution is 2.46. The lowest BCUT2D eigenvalue weighted by molar-refractivity contribution is -0.386. The number of hydrogen-bond donors (Lipinski definition) is 1. The molecular weight excluding hydrogens is 378 g/mol. The Morgan fingerprint density at radius 3 is 2.28 bits per heavy atom. The molecule has 1 saturated heterocycles. The summed E-state index contributed by atoms with van der Waals surface area (Å²) in [6, 6.07) is 1.13. The van der Waals surface area contributed by atoms with Crippen LogP contribution in [0.1, 0.15) is 37.6 Å². The third kappa shape index (κ3) is 5.29. The van der Waals surface area contributed by atoms with E-state index in [0.717, 1.165) is 13.1 Å². The molecule has 2 rings (SSSR count). The highest BCUT2D eigenvalue weighted by Gasteiger charge is 2.33. The molecule has 29 heavy (non-hydrogen) atoms. The summed E-state index contributed by atoms with van der Waals surface area (Å²) < 4.78 is 15.6. The normalized spacial score (nSPS) is 20.6. The monoisotopic (exact) mass is 409 g/mol. The van der Waals surface area contributed by atoms with Crippen molar-refractivity contribution < 1.29 is 23.9 Å². The number of nitrogens with zero attached hydrogens (tertiary/aromatic N) is 2. The molecule has 1 aliphatic rings. The smallest absolute Gasteiger partial charge is 0.327 e. The number of carbonyl (C=O) groups is 1. The van der Waals surface area contributed by atoms with Gasteiger partial charge < -0.3 is 24.4 Å². The van der Waals surface area contributed by atoms with E-state index in [0.29, 0.717) is 18.4 Å². The van der Waals surface area contributed by atoms with Crippen molar-refractivity contribution >= 4 is 11.6 Å². The minimum absolute atomic E-state index is 0.0718. The second-order valence-electron chi connectivity index (χ2n) is 7.84. The van der Waals surface area contributed by atoms with E-state index in [1.807, 2.05) is 6.92 Å². The van der Waals surface area contributed by atoms with Crippen LogP contribution in [0.3, 0.4) is 0 Å². The van der Waals surface area contributed by atoms with Crippen molar-refractivity contribution in [3.05, 3.63) is 21.7 Å². The maximum absolute atomic E-state index is 12.9. The van der Waals surface area contributed by atoms with E-state index in [4.69, 9.17) is 14.2 Å². The lowest BCUT2D eigenvalue weighted by Crippen LogP contribution is -2.47. The molecule has 0 aromatic heterocycles. The van der Waals surface area contributed by atoms with Crippen molar-refractivity contribution in [1.29, 1.82) is 0 Å². The van der Waals surface area contributed by atoms with Crippen LogP contribution >= 0.6 is 0 Å². The van der Waals surface area contributed by atoms with Gasteiger partial charge in [0, 0.05) is 31.7 Å². The Balaban J connectivity index is 2.26. The number of hydrogen-bond acceptors (Lipinski definition) is 7. The number of carbonyl (C=O) groups excluding carboxylic acids is 1. The van der Waals surface area contributed by atoms with Gasteiger partial charge in [-0.3, -0.25) is 14.9 Å². The van der Waals surface area contributed by atoms with Crippen molar-refractivity contribution in [2.75, 3.05) is 41.0 Å². The number of ether oxygens (including phenoxy) is 3. The number of likely N-dealkylation sites (tertiary alicyclic amines) is 1. The number of methoxy groups -OCH3 is 3. The van der Waals surface area contributed by atoms with Crippen LogP contribution in [0.5, 0.6) is 17.2 Å². The van der Waals surface area contributed by atoms with Gasteiger partial charge in [-0.05, 0) is 25.2 Å². The third-order valence-electron chi connectivity index (χ3n) is 5.09. The predicted molar refractivity (Wildman–Crippen MR) is 109 cm³/mol. The Morgan fingerprint density at radius 1 is 1.21 bits per heavy atom. The number of piperidine rings is 1. The van der Waals surface area contributed by atoms with Crippen LogP contribution in [0.2, 0.25) is 0 Å². The van der Waals surface area contributed by atoms with Crippen LogP contribution in [0.25, 0.3) is 0 Å². The molecule has 0 spiro atoms. The molecule has 1 N–H and O–H groups in total. The molecule has 1 aromatic rings. The molecule has 1 amide bonds. The molecule has 1 heterocycles. The highest BCUT2D eigenvalue weighted by molar-refractivity contribution is 6.00. The summed E-state index contributed by atoms with van der Waals surface area (Å²) in [4.78, 5) is 26.3. The van der Waals surface area contributed by atoms with Crippen molar-refractivity contribution in [2.45, 2.75) is 33.2 Å². The second kappa shape index (κ2) is 9.78. The topological polar surface area (TPSA) is 103 Å². The summed E-state index contributed by atoms with van der Waals surface area (Å²) in [5.74, 6) is 0.777. The molecule has 0 radical (unpaired) electrons. The van der Waals surface area contributed by atoms with Crippen LogP contribution in [0.4, 0.5) is 5.69 Å². The number of nitrogens with one attached hydrogen (secondary N) is 1. The fourth-order valence-corrected chi connectivity index (χ4v) is 4.17. The largest absolute Gasteiger partial charge is 0.493 e. The molecule has 0 bridgehead atoms. The van der Waals surface area contributed by atoms with Crippen molar-refractivity contribution in [2.24, 2.45) is 11.8 Å². The summed E-state index contributed by atoms with van der Waals surface area (Å²) in [6.45, 7) is 8.99. The molecule has 9 nitrogen and oxygen atoms in total. The Morgan fingerprint density at radius 2 is 1.79 bits per heavy atom. The van der Waals surface area contributed by atoms with Gasteiger partial charge in [0.25, 0.3) is 5.91 Å². The summed E-state index contributed by atoms with van der Waals surface area (Å²) in [6.07, 6.45) is 1.20. The maximum atomic E-state index is 12.9. The number of rotatable bonds is 8. The molecular formula is C20H31N3O6. The van der Waals surface area contributed by atoms with E-state index in [1.165, 1.54) is 33.8 Å². The van der Waals surface area contributed by atoms with Crippen molar-refractivity contribution in [3.8, 4) is 17.2 Å². The second-order valence-corrected chi connectivity index (χ2v) is 7.84. The Kier molecular flexibility index (Phi) is 7.66. The molecule has 1 fully saturated rings. The van der Waals surface area contributed by atoms with Gasteiger partial charge in [0.1, 0.15) is 5.56 Å². The minimum atomic E-state index is -0.644. The van der Waals surface area contributed by atoms with E-state index in [2.05, 4.69) is 24.1 Å². The fraction of sp³-hybridized carbons (Fsp3) is 0.650. The Bertz CT molecular complexity index is 744. The number of benzene rings is 1. The lowest BCUT2D eigenvalue weighted by atomic mass is 9.92. The SMILES string of the molecule is COc1cc(C(=O)NC(C)CN2CC(C)CC(C)C2)c([N+](=O)[O-])c(OC)c1OC. The van der Waals surface area contributed by atoms with E-state index in [1.54, 1.807) is 0 Å². The van der Waals surface area contributed by atoms with Crippen LogP contribution in [0, 0.1) is 22.0 Å². The quantitative estimate of drug-likeness (QED) is 0.520. The molecule has 1 aliphatic heterocycles. The van der Waals surface area contributed by atoms with Gasteiger partial charge in [0.05, 0.1) is 26.3 Å². The average molecular weight is 409 g/mol. The first-order valence-electron chi connectivity index (χ1n) is 9.72. The number of nitro benzene ring substituents is 1. The van der Waals surface area contributed by atoms with Crippen LogP contribution in [-0.2, 0) is 0 Å². The van der Waals surface area contributed by atoms with Crippen LogP contribution in [-0.4, -0.2) is 62.7 Å². The van der Waals surface area contributed by atoms with E-state index in [9.17, 15) is 14.9 Å². The number of amides is 1. The average Bonchev–Trinajstić information content (AvgIpc) is 2.64. The summed E-state index contributed by atoms with van der Waals surface area (Å²) in [5, 5.41) is 14.6. The van der Waals surface area contributed by atoms with Gasteiger partial charge in [-0.15, -0.1) is 0 Å². The van der Waals surface area contributed by atoms with E-state index < -0.39 is 16.5 Å². The van der Waals surface area contributed by atoms with Gasteiger partial charge in [-0.1, -0.05) is 13.8 Å². The first-order valence-corrected chi connectivity index (χ1v) is 9.72. The zero-order valence-corrected chi connectivity index (χ0v) is 18.0. The summed E-state index contributed by atoms with van der Waals surface area (Å²) in [7, 11) is 4.03. The Hall–Kier alpha value is -2.55. The van der Waals surface area contributed by atoms with Gasteiger partial charge in [-0.25, -0.2) is 0 Å². The van der Waals surface area contributed by atoms with Crippen LogP contribution < -0.4 is 19.5 Å². The fourth-order valence-electron chi connectivity index (χ4n) is 4.17. The van der Waals surface area contributed by atoms with Gasteiger partial charge >= 0.3 is 5.69 Å². The van der Waals surface area contributed by atoms with Crippen molar-refractivity contribution in [3.63, 3.8) is 0 Å². The zero-order valence-electron chi connectivity index (χ0n) is 18.0. The maximum Gasteiger partial charge on any atom is 0.327 e. The lowest BCUT2D eigenvalue weighted by Gasteiger charge is -2.36. The molecule has 0 aliphatic carbocycles. The number of nitro groups is 1. The van der Waals surface area contributed by atoms with Gasteiger partial charge in [0.2, 0.25) is 11.5 Å². The summed E-state index contributed by atoms with van der Waals surface area (Å²) >= 11 is 0. The Labute approximate surface area is 171 Å². The standard InChI is InChI=1S/C20H31N3O6/c1-12-7-13(2)10-22(9-12)11-14(3)21-20(24)15-8-16(27-4)18(28-5)19(29-6)17(15)23(25)26/h8,12-14H,7,9-11H2,1-6H3,(H,21,24). The van der Waals surface area contributed by atoms with Crippen LogP contribution in [0.15, 0.2) is 6.07 Å². The summed E-state index contributed by atoms with van der Waals surface area (Å²) in [5.41, 5.74) is -0.577. The third-order valence-corrected chi connectivity index (χ3v) is 5.09. The molecule has 3 atom stereocenters. The molecule has 0 saturated carbocycles. The van der Waals surface area contributed by atoms with E-state index >= 15 is 0 Å². The molecule has 3 unspecified atom stereocenters. The first-order chi connectivity index (χ1) is 13.7. The molecule has 162 valence electrons.